The Hall–Kier alpha value is -3.94. The van der Waals surface area contributed by atoms with Crippen LogP contribution in [0.3, 0.4) is 0 Å². The molecule has 0 radical (unpaired) electrons. The third-order valence-corrected chi connectivity index (χ3v) is 5.06. The van der Waals surface area contributed by atoms with Gasteiger partial charge in [0.05, 0.1) is 17.1 Å². The number of anilines is 1. The Labute approximate surface area is 179 Å². The van der Waals surface area contributed by atoms with Crippen LogP contribution in [0.15, 0.2) is 65.8 Å². The van der Waals surface area contributed by atoms with Gasteiger partial charge in [0.1, 0.15) is 18.4 Å². The van der Waals surface area contributed by atoms with Gasteiger partial charge in [-0.1, -0.05) is 30.3 Å². The summed E-state index contributed by atoms with van der Waals surface area (Å²) < 4.78 is 7.29. The van der Waals surface area contributed by atoms with Crippen LogP contribution in [-0.4, -0.2) is 33.4 Å². The summed E-state index contributed by atoms with van der Waals surface area (Å²) in [5, 5.41) is 10.2. The van der Waals surface area contributed by atoms with Crippen LogP contribution in [0, 0.1) is 13.8 Å². The minimum Gasteiger partial charge on any atom is -0.456 e. The lowest BCUT2D eigenvalue weighted by molar-refractivity contribution is -0.136. The average Bonchev–Trinajstić information content (AvgIpc) is 3.36. The number of nitrogens with zero attached hydrogens (tertiary/aromatic N) is 4. The number of nitrogens with two attached hydrogens (primary N) is 1. The number of rotatable bonds is 6. The molecule has 0 aliphatic carbocycles. The Morgan fingerprint density at radius 1 is 1.06 bits per heavy atom. The zero-order valence-corrected chi connectivity index (χ0v) is 17.4. The van der Waals surface area contributed by atoms with E-state index in [1.807, 2.05) is 67.1 Å². The van der Waals surface area contributed by atoms with Crippen molar-refractivity contribution in [3.05, 3.63) is 77.6 Å². The molecular formula is C23H23N5O3. The molecular weight excluding hydrogens is 394 g/mol. The Bertz CT molecular complexity index is 1140. The van der Waals surface area contributed by atoms with Gasteiger partial charge in [-0.25, -0.2) is 9.48 Å². The van der Waals surface area contributed by atoms with E-state index in [9.17, 15) is 9.59 Å². The smallest absolute Gasteiger partial charge is 0.354 e. The van der Waals surface area contributed by atoms with Crippen molar-refractivity contribution in [3.63, 3.8) is 0 Å². The molecule has 8 heteroatoms. The summed E-state index contributed by atoms with van der Waals surface area (Å²) in [7, 11) is 0. The van der Waals surface area contributed by atoms with Crippen molar-refractivity contribution in [1.82, 2.24) is 9.78 Å². The van der Waals surface area contributed by atoms with Crippen molar-refractivity contribution in [2.45, 2.75) is 32.9 Å². The normalized spacial score (nSPS) is 15.6. The summed E-state index contributed by atoms with van der Waals surface area (Å²) in [6, 6.07) is 18.0. The van der Waals surface area contributed by atoms with Gasteiger partial charge in [-0.2, -0.15) is 10.2 Å². The second-order valence-electron chi connectivity index (χ2n) is 7.43. The largest absolute Gasteiger partial charge is 0.456 e. The van der Waals surface area contributed by atoms with Crippen molar-refractivity contribution in [1.29, 1.82) is 0 Å². The van der Waals surface area contributed by atoms with Crippen LogP contribution < -0.4 is 10.7 Å². The zero-order chi connectivity index (χ0) is 22.0. The number of hydrazone groups is 1. The predicted molar refractivity (Wildman–Crippen MR) is 117 cm³/mol. The van der Waals surface area contributed by atoms with Gasteiger partial charge in [0.15, 0.2) is 0 Å². The third kappa shape index (κ3) is 4.32. The first kappa shape index (κ1) is 20.3. The molecule has 2 N–H and O–H groups in total. The average molecular weight is 417 g/mol. The SMILES string of the molecule is Cc1cc(C)n(-c2ccc(COC(=O)C3=NN(c4ccccc4)C(C(N)=O)C3)cc2)n1. The summed E-state index contributed by atoms with van der Waals surface area (Å²) >= 11 is 0. The molecule has 0 fully saturated rings. The minimum absolute atomic E-state index is 0.0990. The Kier molecular flexibility index (Phi) is 5.53. The Morgan fingerprint density at radius 3 is 2.39 bits per heavy atom. The standard InChI is InChI=1S/C23H23N5O3/c1-15-12-16(2)27(25-15)19-10-8-17(9-11-19)14-31-23(30)20-13-21(22(24)29)28(26-20)18-6-4-3-5-7-18/h3-12,21H,13-14H2,1-2H3,(H2,24,29). The van der Waals surface area contributed by atoms with Crippen LogP contribution in [0.4, 0.5) is 5.69 Å². The monoisotopic (exact) mass is 417 g/mol. The van der Waals surface area contributed by atoms with Crippen LogP contribution in [0.2, 0.25) is 0 Å². The quantitative estimate of drug-likeness (QED) is 0.621. The molecule has 1 atom stereocenters. The Morgan fingerprint density at radius 2 is 1.77 bits per heavy atom. The molecule has 0 saturated heterocycles. The lowest BCUT2D eigenvalue weighted by Gasteiger charge is -2.20. The molecule has 8 nitrogen and oxygen atoms in total. The molecule has 0 bridgehead atoms. The first-order chi connectivity index (χ1) is 14.9. The molecule has 1 amide bonds. The highest BCUT2D eigenvalue weighted by Crippen LogP contribution is 2.24. The van der Waals surface area contributed by atoms with E-state index < -0.39 is 17.9 Å². The maximum atomic E-state index is 12.6. The lowest BCUT2D eigenvalue weighted by atomic mass is 10.1. The fraction of sp³-hybridized carbons (Fsp3) is 0.217. The lowest BCUT2D eigenvalue weighted by Crippen LogP contribution is -2.39. The van der Waals surface area contributed by atoms with Gasteiger partial charge in [0.25, 0.3) is 0 Å². The van der Waals surface area contributed by atoms with Gasteiger partial charge in [-0.15, -0.1) is 0 Å². The van der Waals surface area contributed by atoms with Gasteiger partial charge < -0.3 is 10.5 Å². The van der Waals surface area contributed by atoms with E-state index in [4.69, 9.17) is 10.5 Å². The first-order valence-corrected chi connectivity index (χ1v) is 9.93. The second kappa shape index (κ2) is 8.43. The van der Waals surface area contributed by atoms with Crippen LogP contribution in [-0.2, 0) is 20.9 Å². The summed E-state index contributed by atoms with van der Waals surface area (Å²) in [4.78, 5) is 24.4. The number of ether oxygens (including phenoxy) is 1. The van der Waals surface area contributed by atoms with Gasteiger partial charge in [0, 0.05) is 12.1 Å². The van der Waals surface area contributed by atoms with Crippen LogP contribution in [0.25, 0.3) is 5.69 Å². The van der Waals surface area contributed by atoms with E-state index in [1.54, 1.807) is 12.1 Å². The van der Waals surface area contributed by atoms with E-state index in [-0.39, 0.29) is 18.7 Å². The summed E-state index contributed by atoms with van der Waals surface area (Å²) in [5.74, 6) is -1.11. The van der Waals surface area contributed by atoms with E-state index in [2.05, 4.69) is 10.2 Å². The van der Waals surface area contributed by atoms with Crippen molar-refractivity contribution >= 4 is 23.3 Å². The number of benzene rings is 2. The second-order valence-corrected chi connectivity index (χ2v) is 7.43. The highest BCUT2D eigenvalue weighted by Gasteiger charge is 2.35. The number of esters is 1. The van der Waals surface area contributed by atoms with Crippen molar-refractivity contribution in [2.24, 2.45) is 10.8 Å². The van der Waals surface area contributed by atoms with Crippen LogP contribution in [0.5, 0.6) is 0 Å². The summed E-state index contributed by atoms with van der Waals surface area (Å²) in [5.41, 5.74) is 10.1. The number of aryl methyl sites for hydroxylation is 2. The van der Waals surface area contributed by atoms with E-state index in [1.165, 1.54) is 5.01 Å². The van der Waals surface area contributed by atoms with E-state index in [0.29, 0.717) is 5.69 Å². The molecule has 2 aromatic carbocycles. The molecule has 158 valence electrons. The molecule has 0 saturated carbocycles. The number of aromatic nitrogens is 2. The Balaban J connectivity index is 1.42. The van der Waals surface area contributed by atoms with Crippen LogP contribution >= 0.6 is 0 Å². The number of carbonyl (C=O) groups is 2. The van der Waals surface area contributed by atoms with Gasteiger partial charge in [0.2, 0.25) is 5.91 Å². The topological polar surface area (TPSA) is 103 Å². The molecule has 1 aliphatic heterocycles. The molecule has 1 unspecified atom stereocenters. The molecule has 31 heavy (non-hydrogen) atoms. The molecule has 3 aromatic rings. The first-order valence-electron chi connectivity index (χ1n) is 9.93. The fourth-order valence-corrected chi connectivity index (χ4v) is 3.53. The number of hydrogen-bond acceptors (Lipinski definition) is 6. The van der Waals surface area contributed by atoms with E-state index >= 15 is 0 Å². The van der Waals surface area contributed by atoms with Gasteiger partial charge in [-0.05, 0) is 49.7 Å². The van der Waals surface area contributed by atoms with E-state index in [0.717, 1.165) is 22.6 Å². The molecule has 2 heterocycles. The maximum Gasteiger partial charge on any atom is 0.354 e. The molecule has 4 rings (SSSR count). The number of para-hydroxylation sites is 1. The number of primary amides is 1. The van der Waals surface area contributed by atoms with Crippen molar-refractivity contribution < 1.29 is 14.3 Å². The molecule has 1 aliphatic rings. The van der Waals surface area contributed by atoms with Crippen molar-refractivity contribution in [2.75, 3.05) is 5.01 Å². The van der Waals surface area contributed by atoms with Gasteiger partial charge >= 0.3 is 5.97 Å². The highest BCUT2D eigenvalue weighted by atomic mass is 16.5. The molecule has 1 aromatic heterocycles. The summed E-state index contributed by atoms with van der Waals surface area (Å²) in [6.45, 7) is 4.04. The number of carbonyl (C=O) groups excluding carboxylic acids is 2. The van der Waals surface area contributed by atoms with Crippen molar-refractivity contribution in [3.8, 4) is 5.69 Å². The number of hydrogen-bond donors (Lipinski definition) is 1. The minimum atomic E-state index is -0.718. The fourth-order valence-electron chi connectivity index (χ4n) is 3.53. The molecule has 0 spiro atoms. The van der Waals surface area contributed by atoms with Crippen LogP contribution in [0.1, 0.15) is 23.4 Å². The number of amides is 1. The third-order valence-electron chi connectivity index (χ3n) is 5.06. The summed E-state index contributed by atoms with van der Waals surface area (Å²) in [6.07, 6.45) is 0.111. The zero-order valence-electron chi connectivity index (χ0n) is 17.4. The highest BCUT2D eigenvalue weighted by molar-refractivity contribution is 6.38. The van der Waals surface area contributed by atoms with Gasteiger partial charge in [-0.3, -0.25) is 9.80 Å². The maximum absolute atomic E-state index is 12.6. The predicted octanol–water partition coefficient (Wildman–Crippen LogP) is 2.65.